The molecule has 132 valence electrons. The van der Waals surface area contributed by atoms with Gasteiger partial charge >= 0.3 is 5.97 Å². The average molecular weight is 335 g/mol. The van der Waals surface area contributed by atoms with Gasteiger partial charge in [0.2, 0.25) is 5.91 Å². The molecule has 0 aliphatic carbocycles. The highest BCUT2D eigenvalue weighted by atomic mass is 16.5. The van der Waals surface area contributed by atoms with Crippen molar-refractivity contribution < 1.29 is 24.2 Å². The van der Waals surface area contributed by atoms with Crippen molar-refractivity contribution in [3.63, 3.8) is 0 Å². The lowest BCUT2D eigenvalue weighted by molar-refractivity contribution is -0.145. The molecule has 1 unspecified atom stereocenters. The molecular formula is C18H25NO5. The van der Waals surface area contributed by atoms with Crippen molar-refractivity contribution in [1.29, 1.82) is 0 Å². The number of carbonyl (C=O) groups is 2. The Balaban J connectivity index is 1.72. The molecule has 1 atom stereocenters. The minimum atomic E-state index is -0.863. The third kappa shape index (κ3) is 5.53. The van der Waals surface area contributed by atoms with Gasteiger partial charge in [0.1, 0.15) is 5.75 Å². The van der Waals surface area contributed by atoms with Gasteiger partial charge < -0.3 is 19.9 Å². The highest BCUT2D eigenvalue weighted by Gasteiger charge is 2.29. The van der Waals surface area contributed by atoms with Gasteiger partial charge in [0, 0.05) is 19.8 Å². The Morgan fingerprint density at radius 2 is 2.04 bits per heavy atom. The topological polar surface area (TPSA) is 84.9 Å². The summed E-state index contributed by atoms with van der Waals surface area (Å²) in [5.41, 5.74) is 1.02. The van der Waals surface area contributed by atoms with Crippen molar-refractivity contribution >= 4 is 11.9 Å². The van der Waals surface area contributed by atoms with Crippen LogP contribution in [-0.4, -0.2) is 43.3 Å². The number of carboxylic acids is 1. The van der Waals surface area contributed by atoms with Crippen LogP contribution in [0.3, 0.4) is 0 Å². The fraction of sp³-hybridized carbons (Fsp3) is 0.556. The van der Waals surface area contributed by atoms with Crippen LogP contribution in [0.2, 0.25) is 0 Å². The summed E-state index contributed by atoms with van der Waals surface area (Å²) in [6.45, 7) is 3.55. The van der Waals surface area contributed by atoms with Gasteiger partial charge in [-0.3, -0.25) is 9.59 Å². The molecule has 1 aromatic carbocycles. The van der Waals surface area contributed by atoms with Gasteiger partial charge in [-0.15, -0.1) is 0 Å². The van der Waals surface area contributed by atoms with Crippen LogP contribution in [0.15, 0.2) is 24.3 Å². The summed E-state index contributed by atoms with van der Waals surface area (Å²) in [7, 11) is 0. The van der Waals surface area contributed by atoms with Crippen molar-refractivity contribution in [1.82, 2.24) is 5.32 Å². The summed E-state index contributed by atoms with van der Waals surface area (Å²) in [5.74, 6) is -0.800. The summed E-state index contributed by atoms with van der Waals surface area (Å²) in [6.07, 6.45) is 1.65. The average Bonchev–Trinajstić information content (AvgIpc) is 2.57. The molecule has 2 rings (SSSR count). The minimum Gasteiger partial charge on any atom is -0.493 e. The summed E-state index contributed by atoms with van der Waals surface area (Å²) in [4.78, 5) is 23.4. The molecule has 1 aliphatic rings. The Bertz CT molecular complexity index is 554. The normalized spacial score (nSPS) is 16.4. The van der Waals surface area contributed by atoms with E-state index in [4.69, 9.17) is 9.47 Å². The maximum atomic E-state index is 11.9. The smallest absolute Gasteiger partial charge is 0.308 e. The Hall–Kier alpha value is -2.08. The zero-order chi connectivity index (χ0) is 17.4. The SMILES string of the molecule is Cc1ccccc1OCCC(=O)NCC(C(=O)O)C1CCOCC1. The van der Waals surface area contributed by atoms with Gasteiger partial charge in [-0.05, 0) is 37.3 Å². The van der Waals surface area contributed by atoms with E-state index in [1.165, 1.54) is 0 Å². The molecule has 1 saturated heterocycles. The fourth-order valence-corrected chi connectivity index (χ4v) is 2.86. The zero-order valence-corrected chi connectivity index (χ0v) is 14.0. The van der Waals surface area contributed by atoms with Crippen molar-refractivity contribution in [2.75, 3.05) is 26.4 Å². The standard InChI is InChI=1S/C18H25NO5/c1-13-4-2-3-5-16(13)24-11-8-17(20)19-12-15(18(21)22)14-6-9-23-10-7-14/h2-5,14-15H,6-12H2,1H3,(H,19,20)(H,21,22). The number of para-hydroxylation sites is 1. The van der Waals surface area contributed by atoms with Gasteiger partial charge in [-0.2, -0.15) is 0 Å². The Morgan fingerprint density at radius 1 is 1.33 bits per heavy atom. The first kappa shape index (κ1) is 18.3. The molecule has 2 N–H and O–H groups in total. The number of nitrogens with one attached hydrogen (secondary N) is 1. The molecule has 1 amide bonds. The van der Waals surface area contributed by atoms with Crippen molar-refractivity contribution in [2.24, 2.45) is 11.8 Å². The van der Waals surface area contributed by atoms with Crippen molar-refractivity contribution in [2.45, 2.75) is 26.2 Å². The van der Waals surface area contributed by atoms with Crippen LogP contribution in [0.4, 0.5) is 0 Å². The quantitative estimate of drug-likeness (QED) is 0.759. The van der Waals surface area contributed by atoms with E-state index in [9.17, 15) is 14.7 Å². The number of aliphatic carboxylic acids is 1. The molecule has 0 aromatic heterocycles. The van der Waals surface area contributed by atoms with E-state index in [2.05, 4.69) is 5.32 Å². The van der Waals surface area contributed by atoms with Gasteiger partial charge in [0.25, 0.3) is 0 Å². The number of benzene rings is 1. The molecule has 6 heteroatoms. The number of rotatable bonds is 8. The lowest BCUT2D eigenvalue weighted by Gasteiger charge is -2.27. The number of aryl methyl sites for hydroxylation is 1. The molecule has 0 saturated carbocycles. The van der Waals surface area contributed by atoms with E-state index in [1.807, 2.05) is 31.2 Å². The van der Waals surface area contributed by atoms with E-state index in [0.29, 0.717) is 13.2 Å². The summed E-state index contributed by atoms with van der Waals surface area (Å²) in [6, 6.07) is 7.62. The van der Waals surface area contributed by atoms with Crippen LogP contribution in [0, 0.1) is 18.8 Å². The van der Waals surface area contributed by atoms with E-state index in [0.717, 1.165) is 24.2 Å². The van der Waals surface area contributed by atoms with Crippen LogP contribution < -0.4 is 10.1 Å². The third-order valence-corrected chi connectivity index (χ3v) is 4.35. The first-order valence-corrected chi connectivity index (χ1v) is 8.33. The number of hydrogen-bond donors (Lipinski definition) is 2. The van der Waals surface area contributed by atoms with Crippen LogP contribution in [-0.2, 0) is 14.3 Å². The molecule has 0 bridgehead atoms. The Labute approximate surface area is 142 Å². The lowest BCUT2D eigenvalue weighted by Crippen LogP contribution is -2.39. The maximum absolute atomic E-state index is 11.9. The highest BCUT2D eigenvalue weighted by molar-refractivity contribution is 5.77. The highest BCUT2D eigenvalue weighted by Crippen LogP contribution is 2.23. The Kier molecular flexibility index (Phi) is 7.06. The first-order chi connectivity index (χ1) is 11.6. The number of carboxylic acid groups (broad SMARTS) is 1. The number of ether oxygens (including phenoxy) is 2. The molecule has 1 aromatic rings. The van der Waals surface area contributed by atoms with E-state index < -0.39 is 11.9 Å². The molecule has 1 aliphatic heterocycles. The lowest BCUT2D eigenvalue weighted by atomic mass is 9.86. The molecule has 1 heterocycles. The summed E-state index contributed by atoms with van der Waals surface area (Å²) in [5, 5.41) is 12.1. The monoisotopic (exact) mass is 335 g/mol. The van der Waals surface area contributed by atoms with Crippen LogP contribution in [0.25, 0.3) is 0 Å². The maximum Gasteiger partial charge on any atom is 0.308 e. The minimum absolute atomic E-state index is 0.0553. The molecule has 24 heavy (non-hydrogen) atoms. The van der Waals surface area contributed by atoms with Crippen LogP contribution in [0.1, 0.15) is 24.8 Å². The van der Waals surface area contributed by atoms with E-state index >= 15 is 0 Å². The first-order valence-electron chi connectivity index (χ1n) is 8.33. The van der Waals surface area contributed by atoms with Gasteiger partial charge in [-0.25, -0.2) is 0 Å². The molecule has 6 nitrogen and oxygen atoms in total. The summed E-state index contributed by atoms with van der Waals surface area (Å²) >= 11 is 0. The molecular weight excluding hydrogens is 310 g/mol. The second-order valence-corrected chi connectivity index (χ2v) is 6.06. The van der Waals surface area contributed by atoms with E-state index in [-0.39, 0.29) is 31.4 Å². The predicted octanol–water partition coefficient (Wildman–Crippen LogP) is 2.01. The van der Waals surface area contributed by atoms with Crippen LogP contribution in [0.5, 0.6) is 5.75 Å². The zero-order valence-electron chi connectivity index (χ0n) is 14.0. The predicted molar refractivity (Wildman–Crippen MR) is 89.0 cm³/mol. The fourth-order valence-electron chi connectivity index (χ4n) is 2.86. The van der Waals surface area contributed by atoms with E-state index in [1.54, 1.807) is 0 Å². The number of amides is 1. The second kappa shape index (κ2) is 9.27. The number of carbonyl (C=O) groups excluding carboxylic acids is 1. The van der Waals surface area contributed by atoms with Gasteiger partial charge in [0.15, 0.2) is 0 Å². The molecule has 0 radical (unpaired) electrons. The largest absolute Gasteiger partial charge is 0.493 e. The van der Waals surface area contributed by atoms with Gasteiger partial charge in [0.05, 0.1) is 18.9 Å². The van der Waals surface area contributed by atoms with Crippen molar-refractivity contribution in [3.05, 3.63) is 29.8 Å². The molecule has 0 spiro atoms. The van der Waals surface area contributed by atoms with Crippen molar-refractivity contribution in [3.8, 4) is 5.75 Å². The number of hydrogen-bond acceptors (Lipinski definition) is 4. The van der Waals surface area contributed by atoms with Gasteiger partial charge in [-0.1, -0.05) is 18.2 Å². The summed E-state index contributed by atoms with van der Waals surface area (Å²) < 4.78 is 10.8. The third-order valence-electron chi connectivity index (χ3n) is 4.35. The second-order valence-electron chi connectivity index (χ2n) is 6.06. The molecule has 1 fully saturated rings. The van der Waals surface area contributed by atoms with Crippen LogP contribution >= 0.6 is 0 Å². The Morgan fingerprint density at radius 3 is 2.71 bits per heavy atom.